The summed E-state index contributed by atoms with van der Waals surface area (Å²) >= 11 is 1.09. The predicted octanol–water partition coefficient (Wildman–Crippen LogP) is 1.78. The molecule has 0 aliphatic carbocycles. The van der Waals surface area contributed by atoms with Crippen LogP contribution in [0.2, 0.25) is 0 Å². The van der Waals surface area contributed by atoms with Crippen molar-refractivity contribution >= 4 is 27.6 Å². The second kappa shape index (κ2) is 6.67. The fraction of sp³-hybridized carbons (Fsp3) is 0.154. The van der Waals surface area contributed by atoms with Crippen molar-refractivity contribution in [3.05, 3.63) is 35.2 Å². The number of aromatic hydroxyl groups is 1. The first-order chi connectivity index (χ1) is 10.5. The Morgan fingerprint density at radius 1 is 1.27 bits per heavy atom. The van der Waals surface area contributed by atoms with Crippen LogP contribution in [0.15, 0.2) is 39.0 Å². The number of phenols is 1. The summed E-state index contributed by atoms with van der Waals surface area (Å²) in [6, 6.07) is 6.12. The van der Waals surface area contributed by atoms with Gasteiger partial charge in [0.05, 0.1) is 20.4 Å². The van der Waals surface area contributed by atoms with Gasteiger partial charge in [-0.05, 0) is 23.6 Å². The molecule has 7 nitrogen and oxygen atoms in total. The van der Waals surface area contributed by atoms with E-state index < -0.39 is 10.0 Å². The average Bonchev–Trinajstić information content (AvgIpc) is 3.03. The molecule has 22 heavy (non-hydrogen) atoms. The van der Waals surface area contributed by atoms with Crippen LogP contribution in [0.4, 0.5) is 0 Å². The highest BCUT2D eigenvalue weighted by Gasteiger charge is 2.14. The molecular formula is C13H14N2O5S2. The van der Waals surface area contributed by atoms with Gasteiger partial charge < -0.3 is 14.6 Å². The number of benzene rings is 1. The number of ether oxygens (including phenoxy) is 2. The van der Waals surface area contributed by atoms with Gasteiger partial charge in [0, 0.05) is 5.56 Å². The number of hydrazone groups is 1. The number of hydrogen-bond acceptors (Lipinski definition) is 7. The van der Waals surface area contributed by atoms with E-state index in [4.69, 9.17) is 9.47 Å². The first kappa shape index (κ1) is 16.1. The SMILES string of the molecule is COc1cc(/C=N/NS(=O)(=O)c2cccs2)cc(OC)c1O. The van der Waals surface area contributed by atoms with Gasteiger partial charge in [-0.15, -0.1) is 11.3 Å². The fourth-order valence-corrected chi connectivity index (χ4v) is 3.39. The Kier molecular flexibility index (Phi) is 4.88. The molecule has 1 aromatic carbocycles. The van der Waals surface area contributed by atoms with Crippen LogP contribution in [0.25, 0.3) is 0 Å². The summed E-state index contributed by atoms with van der Waals surface area (Å²) in [5, 5.41) is 15.1. The lowest BCUT2D eigenvalue weighted by Gasteiger charge is -2.09. The lowest BCUT2D eigenvalue weighted by Crippen LogP contribution is -2.17. The first-order valence-electron chi connectivity index (χ1n) is 6.01. The predicted molar refractivity (Wildman–Crippen MR) is 83.4 cm³/mol. The lowest BCUT2D eigenvalue weighted by molar-refractivity contribution is 0.340. The Hall–Kier alpha value is -2.26. The molecule has 0 spiro atoms. The minimum atomic E-state index is -3.67. The molecule has 2 N–H and O–H groups in total. The molecule has 118 valence electrons. The van der Waals surface area contributed by atoms with E-state index in [9.17, 15) is 13.5 Å². The van der Waals surface area contributed by atoms with E-state index >= 15 is 0 Å². The zero-order valence-corrected chi connectivity index (χ0v) is 13.4. The third kappa shape index (κ3) is 3.49. The first-order valence-corrected chi connectivity index (χ1v) is 8.37. The Labute approximate surface area is 131 Å². The minimum Gasteiger partial charge on any atom is -0.502 e. The van der Waals surface area contributed by atoms with Crippen molar-refractivity contribution < 1.29 is 23.0 Å². The van der Waals surface area contributed by atoms with Crippen LogP contribution in [0.5, 0.6) is 17.2 Å². The van der Waals surface area contributed by atoms with E-state index in [1.807, 2.05) is 0 Å². The van der Waals surface area contributed by atoms with E-state index in [0.29, 0.717) is 5.56 Å². The molecule has 0 bridgehead atoms. The number of methoxy groups -OCH3 is 2. The summed E-state index contributed by atoms with van der Waals surface area (Å²) in [7, 11) is -0.872. The molecule has 2 aromatic rings. The standard InChI is InChI=1S/C13H14N2O5S2/c1-19-10-6-9(7-11(20-2)13(10)16)8-14-15-22(17,18)12-4-3-5-21-12/h3-8,15-16H,1-2H3/b14-8+. The summed E-state index contributed by atoms with van der Waals surface area (Å²) in [6.07, 6.45) is 1.29. The molecule has 0 aliphatic heterocycles. The number of thiophene rings is 1. The smallest absolute Gasteiger partial charge is 0.286 e. The summed E-state index contributed by atoms with van der Waals surface area (Å²) in [6.45, 7) is 0. The number of nitrogens with zero attached hydrogens (tertiary/aromatic N) is 1. The fourth-order valence-electron chi connectivity index (χ4n) is 1.62. The van der Waals surface area contributed by atoms with E-state index in [1.54, 1.807) is 11.4 Å². The second-order valence-corrected chi connectivity index (χ2v) is 6.89. The van der Waals surface area contributed by atoms with Crippen molar-refractivity contribution in [3.8, 4) is 17.2 Å². The van der Waals surface area contributed by atoms with Crippen LogP contribution in [-0.4, -0.2) is 34.0 Å². The normalized spacial score (nSPS) is 11.5. The Balaban J connectivity index is 2.20. The third-order valence-corrected chi connectivity index (χ3v) is 5.27. The van der Waals surface area contributed by atoms with Gasteiger partial charge in [-0.25, -0.2) is 0 Å². The van der Waals surface area contributed by atoms with E-state index in [1.165, 1.54) is 38.6 Å². The topological polar surface area (TPSA) is 97.2 Å². The maximum absolute atomic E-state index is 11.9. The van der Waals surface area contributed by atoms with Gasteiger partial charge in [0.1, 0.15) is 4.21 Å². The zero-order valence-electron chi connectivity index (χ0n) is 11.8. The molecule has 0 fully saturated rings. The zero-order chi connectivity index (χ0) is 16.2. The molecule has 0 aliphatic rings. The number of hydrogen-bond donors (Lipinski definition) is 2. The van der Waals surface area contributed by atoms with Crippen molar-refractivity contribution in [1.29, 1.82) is 0 Å². The number of phenolic OH excluding ortho intramolecular Hbond substituents is 1. The molecule has 0 amide bonds. The van der Waals surface area contributed by atoms with Crippen molar-refractivity contribution in [3.63, 3.8) is 0 Å². The molecular weight excluding hydrogens is 328 g/mol. The van der Waals surface area contributed by atoms with Crippen LogP contribution >= 0.6 is 11.3 Å². The molecule has 0 unspecified atom stereocenters. The molecule has 9 heteroatoms. The van der Waals surface area contributed by atoms with Gasteiger partial charge >= 0.3 is 0 Å². The van der Waals surface area contributed by atoms with Crippen molar-refractivity contribution in [2.24, 2.45) is 5.10 Å². The van der Waals surface area contributed by atoms with Crippen molar-refractivity contribution in [1.82, 2.24) is 4.83 Å². The quantitative estimate of drug-likeness (QED) is 0.616. The third-order valence-electron chi connectivity index (χ3n) is 2.65. The summed E-state index contributed by atoms with van der Waals surface area (Å²) in [5.41, 5.74) is 0.500. The van der Waals surface area contributed by atoms with Gasteiger partial charge in [0.15, 0.2) is 11.5 Å². The largest absolute Gasteiger partial charge is 0.502 e. The van der Waals surface area contributed by atoms with Gasteiger partial charge in [-0.2, -0.15) is 18.4 Å². The highest BCUT2D eigenvalue weighted by Crippen LogP contribution is 2.36. The van der Waals surface area contributed by atoms with Gasteiger partial charge in [-0.3, -0.25) is 0 Å². The van der Waals surface area contributed by atoms with Crippen LogP contribution in [0.1, 0.15) is 5.56 Å². The Morgan fingerprint density at radius 3 is 2.41 bits per heavy atom. The highest BCUT2D eigenvalue weighted by atomic mass is 32.2. The van der Waals surface area contributed by atoms with Crippen LogP contribution in [0.3, 0.4) is 0 Å². The van der Waals surface area contributed by atoms with Crippen molar-refractivity contribution in [2.75, 3.05) is 14.2 Å². The molecule has 0 saturated heterocycles. The monoisotopic (exact) mass is 342 g/mol. The molecule has 2 rings (SSSR count). The number of rotatable bonds is 6. The summed E-state index contributed by atoms with van der Waals surface area (Å²) in [4.78, 5) is 2.11. The average molecular weight is 342 g/mol. The molecule has 0 radical (unpaired) electrons. The van der Waals surface area contributed by atoms with Gasteiger partial charge in [0.2, 0.25) is 5.75 Å². The summed E-state index contributed by atoms with van der Waals surface area (Å²) in [5.74, 6) is 0.255. The maximum atomic E-state index is 11.9. The van der Waals surface area contributed by atoms with E-state index in [-0.39, 0.29) is 21.5 Å². The van der Waals surface area contributed by atoms with E-state index in [2.05, 4.69) is 9.93 Å². The number of sulfonamides is 1. The molecule has 0 atom stereocenters. The molecule has 0 saturated carbocycles. The second-order valence-electron chi connectivity index (χ2n) is 4.06. The lowest BCUT2D eigenvalue weighted by atomic mass is 10.2. The van der Waals surface area contributed by atoms with Crippen LogP contribution in [0, 0.1) is 0 Å². The maximum Gasteiger partial charge on any atom is 0.286 e. The van der Waals surface area contributed by atoms with Crippen LogP contribution in [-0.2, 0) is 10.0 Å². The minimum absolute atomic E-state index is 0.138. The van der Waals surface area contributed by atoms with Crippen molar-refractivity contribution in [2.45, 2.75) is 4.21 Å². The molecule has 1 aromatic heterocycles. The van der Waals surface area contributed by atoms with Gasteiger partial charge in [-0.1, -0.05) is 6.07 Å². The number of nitrogens with one attached hydrogen (secondary N) is 1. The Bertz CT molecular complexity index is 745. The van der Waals surface area contributed by atoms with E-state index in [0.717, 1.165) is 11.3 Å². The molecule has 1 heterocycles. The highest BCUT2D eigenvalue weighted by molar-refractivity contribution is 7.91. The van der Waals surface area contributed by atoms with Crippen LogP contribution < -0.4 is 14.3 Å². The Morgan fingerprint density at radius 2 is 1.91 bits per heavy atom. The van der Waals surface area contributed by atoms with Gasteiger partial charge in [0.25, 0.3) is 10.0 Å². The summed E-state index contributed by atoms with van der Waals surface area (Å²) < 4.78 is 33.9.